The van der Waals surface area contributed by atoms with E-state index in [1.807, 2.05) is 35.2 Å². The molecule has 1 aliphatic heterocycles. The number of carbonyl (C=O) groups is 1. The molecule has 1 saturated carbocycles. The molecule has 2 aromatic rings. The molecule has 26 heavy (non-hydrogen) atoms. The van der Waals surface area contributed by atoms with Crippen molar-refractivity contribution in [1.29, 1.82) is 0 Å². The molecule has 6 heteroatoms. The first kappa shape index (κ1) is 17.2. The van der Waals surface area contributed by atoms with E-state index in [0.717, 1.165) is 30.7 Å². The molecule has 2 fully saturated rings. The van der Waals surface area contributed by atoms with Crippen molar-refractivity contribution in [1.82, 2.24) is 15.0 Å². The van der Waals surface area contributed by atoms with Gasteiger partial charge in [0.2, 0.25) is 11.8 Å². The molecule has 1 amide bonds. The largest absolute Gasteiger partial charge is 0.395 e. The second kappa shape index (κ2) is 7.19. The zero-order chi connectivity index (χ0) is 18.0. The molecule has 0 bridgehead atoms. The summed E-state index contributed by atoms with van der Waals surface area (Å²) in [5.41, 5.74) is 0.777. The molecule has 1 aromatic carbocycles. The highest BCUT2D eigenvalue weighted by Crippen LogP contribution is 2.38. The number of amides is 1. The summed E-state index contributed by atoms with van der Waals surface area (Å²) in [5.74, 6) is 2.08. The Morgan fingerprint density at radius 1 is 1.31 bits per heavy atom. The molecule has 0 radical (unpaired) electrons. The number of hydrogen-bond donors (Lipinski definition) is 1. The average molecular weight is 355 g/mol. The lowest BCUT2D eigenvalue weighted by molar-refractivity contribution is -0.130. The Bertz CT molecular complexity index is 757. The smallest absolute Gasteiger partial charge is 0.226 e. The Morgan fingerprint density at radius 3 is 2.85 bits per heavy atom. The number of aliphatic hydroxyl groups is 1. The van der Waals surface area contributed by atoms with E-state index in [2.05, 4.69) is 10.1 Å². The summed E-state index contributed by atoms with van der Waals surface area (Å²) in [6.45, 7) is 1.34. The van der Waals surface area contributed by atoms with E-state index < -0.39 is 0 Å². The second-order valence-corrected chi connectivity index (χ2v) is 7.54. The minimum absolute atomic E-state index is 0.0622. The van der Waals surface area contributed by atoms with Crippen LogP contribution in [0.15, 0.2) is 34.9 Å². The summed E-state index contributed by atoms with van der Waals surface area (Å²) >= 11 is 0. The fraction of sp³-hybridized carbons (Fsp3) is 0.550. The van der Waals surface area contributed by atoms with Crippen LogP contribution in [0, 0.1) is 0 Å². The van der Waals surface area contributed by atoms with Gasteiger partial charge in [-0.05, 0) is 31.2 Å². The van der Waals surface area contributed by atoms with Gasteiger partial charge < -0.3 is 14.5 Å². The van der Waals surface area contributed by atoms with Crippen molar-refractivity contribution in [3.63, 3.8) is 0 Å². The van der Waals surface area contributed by atoms with Crippen LogP contribution in [0.2, 0.25) is 0 Å². The maximum absolute atomic E-state index is 12.6. The molecule has 1 aliphatic carbocycles. The first-order valence-corrected chi connectivity index (χ1v) is 9.47. The molecule has 1 N–H and O–H groups in total. The number of nitrogens with zero attached hydrogens (tertiary/aromatic N) is 3. The molecular weight excluding hydrogens is 330 g/mol. The lowest BCUT2D eigenvalue weighted by Gasteiger charge is -2.27. The molecule has 2 aliphatic rings. The summed E-state index contributed by atoms with van der Waals surface area (Å²) < 4.78 is 5.26. The molecule has 1 aromatic heterocycles. The predicted octanol–water partition coefficient (Wildman–Crippen LogP) is 2.43. The Morgan fingerprint density at radius 2 is 2.12 bits per heavy atom. The SMILES string of the molecule is O=C(CCCc1nc(C2CC2)no1)N1CCC(CO)(c2ccccc2)C1. The topological polar surface area (TPSA) is 79.5 Å². The van der Waals surface area contributed by atoms with Crippen LogP contribution >= 0.6 is 0 Å². The third-order valence-electron chi connectivity index (χ3n) is 5.60. The number of hydrogen-bond acceptors (Lipinski definition) is 5. The zero-order valence-electron chi connectivity index (χ0n) is 14.9. The summed E-state index contributed by atoms with van der Waals surface area (Å²) in [6, 6.07) is 10.0. The molecule has 4 rings (SSSR count). The number of benzene rings is 1. The highest BCUT2D eigenvalue weighted by molar-refractivity contribution is 5.76. The first-order valence-electron chi connectivity index (χ1n) is 9.47. The van der Waals surface area contributed by atoms with E-state index in [-0.39, 0.29) is 17.9 Å². The van der Waals surface area contributed by atoms with Crippen LogP contribution in [0.5, 0.6) is 0 Å². The van der Waals surface area contributed by atoms with E-state index in [1.54, 1.807) is 0 Å². The maximum Gasteiger partial charge on any atom is 0.226 e. The fourth-order valence-electron chi connectivity index (χ4n) is 3.76. The Kier molecular flexibility index (Phi) is 4.76. The number of rotatable bonds is 7. The maximum atomic E-state index is 12.6. The van der Waals surface area contributed by atoms with Gasteiger partial charge in [-0.15, -0.1) is 0 Å². The molecule has 1 saturated heterocycles. The molecular formula is C20H25N3O3. The van der Waals surface area contributed by atoms with Gasteiger partial charge in [-0.2, -0.15) is 4.98 Å². The Balaban J connectivity index is 1.29. The van der Waals surface area contributed by atoms with Gasteiger partial charge in [-0.3, -0.25) is 4.79 Å². The van der Waals surface area contributed by atoms with Gasteiger partial charge >= 0.3 is 0 Å². The van der Waals surface area contributed by atoms with E-state index in [0.29, 0.717) is 44.2 Å². The number of aliphatic hydroxyl groups excluding tert-OH is 1. The van der Waals surface area contributed by atoms with Crippen molar-refractivity contribution >= 4 is 5.91 Å². The summed E-state index contributed by atoms with van der Waals surface area (Å²) in [7, 11) is 0. The number of likely N-dealkylation sites (tertiary alicyclic amines) is 1. The Hall–Kier alpha value is -2.21. The van der Waals surface area contributed by atoms with Crippen LogP contribution < -0.4 is 0 Å². The van der Waals surface area contributed by atoms with E-state index in [4.69, 9.17) is 4.52 Å². The number of carbonyl (C=O) groups excluding carboxylic acids is 1. The molecule has 1 atom stereocenters. The highest BCUT2D eigenvalue weighted by atomic mass is 16.5. The minimum atomic E-state index is -0.331. The summed E-state index contributed by atoms with van der Waals surface area (Å²) in [5, 5.41) is 14.0. The lowest BCUT2D eigenvalue weighted by Crippen LogP contribution is -2.37. The predicted molar refractivity (Wildman–Crippen MR) is 95.6 cm³/mol. The van der Waals surface area contributed by atoms with Crippen molar-refractivity contribution in [2.75, 3.05) is 19.7 Å². The molecule has 2 heterocycles. The van der Waals surface area contributed by atoms with Crippen molar-refractivity contribution in [2.24, 2.45) is 0 Å². The van der Waals surface area contributed by atoms with Gasteiger partial charge in [-0.1, -0.05) is 35.5 Å². The highest BCUT2D eigenvalue weighted by Gasteiger charge is 2.40. The monoisotopic (exact) mass is 355 g/mol. The Labute approximate surface area is 153 Å². The minimum Gasteiger partial charge on any atom is -0.395 e. The lowest BCUT2D eigenvalue weighted by atomic mass is 9.80. The summed E-state index contributed by atoms with van der Waals surface area (Å²) in [6.07, 6.45) is 4.92. The standard InChI is InChI=1S/C20H25N3O3/c24-14-20(16-5-2-1-3-6-16)11-12-23(13-20)18(25)8-4-7-17-21-19(22-26-17)15-9-10-15/h1-3,5-6,15,24H,4,7-14H2. The zero-order valence-corrected chi connectivity index (χ0v) is 14.9. The van der Waals surface area contributed by atoms with E-state index in [1.165, 1.54) is 0 Å². The van der Waals surface area contributed by atoms with Crippen LogP contribution in [0.1, 0.15) is 55.3 Å². The van der Waals surface area contributed by atoms with Crippen molar-refractivity contribution in [3.05, 3.63) is 47.6 Å². The van der Waals surface area contributed by atoms with E-state index in [9.17, 15) is 9.90 Å². The molecule has 1 unspecified atom stereocenters. The van der Waals surface area contributed by atoms with E-state index >= 15 is 0 Å². The quantitative estimate of drug-likeness (QED) is 0.825. The normalized spacial score (nSPS) is 22.7. The molecule has 138 valence electrons. The van der Waals surface area contributed by atoms with Crippen LogP contribution in [0.25, 0.3) is 0 Å². The van der Waals surface area contributed by atoms with Gasteiger partial charge in [0.05, 0.1) is 6.61 Å². The van der Waals surface area contributed by atoms with Crippen LogP contribution in [0.3, 0.4) is 0 Å². The van der Waals surface area contributed by atoms with Gasteiger partial charge in [0.1, 0.15) is 0 Å². The van der Waals surface area contributed by atoms with Crippen LogP contribution in [-0.4, -0.2) is 45.8 Å². The third-order valence-corrected chi connectivity index (χ3v) is 5.60. The van der Waals surface area contributed by atoms with Crippen LogP contribution in [0.4, 0.5) is 0 Å². The van der Waals surface area contributed by atoms with Crippen molar-refractivity contribution < 1.29 is 14.4 Å². The van der Waals surface area contributed by atoms with Gasteiger partial charge in [0.25, 0.3) is 0 Å². The van der Waals surface area contributed by atoms with Gasteiger partial charge in [-0.25, -0.2) is 0 Å². The van der Waals surface area contributed by atoms with Crippen LogP contribution in [-0.2, 0) is 16.6 Å². The fourth-order valence-corrected chi connectivity index (χ4v) is 3.76. The molecule has 6 nitrogen and oxygen atoms in total. The van der Waals surface area contributed by atoms with Crippen molar-refractivity contribution in [2.45, 2.75) is 49.9 Å². The van der Waals surface area contributed by atoms with Gasteiger partial charge in [0, 0.05) is 37.3 Å². The second-order valence-electron chi connectivity index (χ2n) is 7.54. The number of aromatic nitrogens is 2. The molecule has 0 spiro atoms. The number of aryl methyl sites for hydroxylation is 1. The average Bonchev–Trinajstić information content (AvgIpc) is 3.26. The third kappa shape index (κ3) is 3.51. The van der Waals surface area contributed by atoms with Crippen molar-refractivity contribution in [3.8, 4) is 0 Å². The first-order chi connectivity index (χ1) is 12.7. The van der Waals surface area contributed by atoms with Gasteiger partial charge in [0.15, 0.2) is 5.82 Å². The summed E-state index contributed by atoms with van der Waals surface area (Å²) in [4.78, 5) is 18.9.